The first kappa shape index (κ1) is 24.3. The van der Waals surface area contributed by atoms with Crippen molar-refractivity contribution in [3.8, 4) is 17.0 Å². The number of hydrogen-bond donors (Lipinski definition) is 3. The molecule has 3 N–H and O–H groups in total. The number of phenolic OH excluding ortho intramolecular Hbond substituents is 1. The predicted octanol–water partition coefficient (Wildman–Crippen LogP) is 1.63. The van der Waals surface area contributed by atoms with E-state index in [1.165, 1.54) is 12.8 Å². The van der Waals surface area contributed by atoms with E-state index in [1.807, 2.05) is 36.7 Å². The van der Waals surface area contributed by atoms with E-state index in [0.29, 0.717) is 11.3 Å². The number of anilines is 4. The van der Waals surface area contributed by atoms with Gasteiger partial charge in [-0.1, -0.05) is 12.1 Å². The lowest BCUT2D eigenvalue weighted by atomic mass is 10.0. The number of nitrogens with zero attached hydrogens (tertiary/aromatic N) is 8. The van der Waals surface area contributed by atoms with Gasteiger partial charge >= 0.3 is 0 Å². The van der Waals surface area contributed by atoms with E-state index in [9.17, 15) is 5.11 Å². The third kappa shape index (κ3) is 4.80. The van der Waals surface area contributed by atoms with Gasteiger partial charge in [0.25, 0.3) is 0 Å². The van der Waals surface area contributed by atoms with Crippen molar-refractivity contribution in [3.05, 3.63) is 42.7 Å². The van der Waals surface area contributed by atoms with Crippen LogP contribution in [-0.4, -0.2) is 108 Å². The van der Waals surface area contributed by atoms with Crippen molar-refractivity contribution >= 4 is 23.1 Å². The lowest BCUT2D eigenvalue weighted by Crippen LogP contribution is -2.58. The minimum atomic E-state index is 0.209. The molecule has 11 heteroatoms. The van der Waals surface area contributed by atoms with Gasteiger partial charge in [-0.25, -0.2) is 9.97 Å². The average molecular weight is 529 g/mol. The Hall–Kier alpha value is -3.70. The zero-order chi connectivity index (χ0) is 26.2. The Morgan fingerprint density at radius 2 is 1.62 bits per heavy atom. The fraction of sp³-hybridized carbons (Fsp3) is 0.500. The summed E-state index contributed by atoms with van der Waals surface area (Å²) in [6.45, 7) is 9.86. The summed E-state index contributed by atoms with van der Waals surface area (Å²) >= 11 is 0. The van der Waals surface area contributed by atoms with E-state index in [4.69, 9.17) is 9.97 Å². The van der Waals surface area contributed by atoms with E-state index in [2.05, 4.69) is 40.4 Å². The second-order valence-electron chi connectivity index (χ2n) is 10.9. The van der Waals surface area contributed by atoms with Crippen LogP contribution in [0.1, 0.15) is 12.8 Å². The monoisotopic (exact) mass is 528 g/mol. The first-order chi connectivity index (χ1) is 19.2. The van der Waals surface area contributed by atoms with Gasteiger partial charge in [-0.2, -0.15) is 0 Å². The molecule has 204 valence electrons. The summed E-state index contributed by atoms with van der Waals surface area (Å²) in [5, 5.41) is 26.0. The third-order valence-electron chi connectivity index (χ3n) is 8.66. The molecule has 4 aliphatic rings. The van der Waals surface area contributed by atoms with E-state index in [-0.39, 0.29) is 11.8 Å². The van der Waals surface area contributed by atoms with Gasteiger partial charge in [0.1, 0.15) is 5.75 Å². The highest BCUT2D eigenvalue weighted by atomic mass is 16.3. The minimum absolute atomic E-state index is 0.209. The van der Waals surface area contributed by atoms with Crippen LogP contribution in [0.4, 0.5) is 23.1 Å². The van der Waals surface area contributed by atoms with Gasteiger partial charge in [-0.05, 0) is 44.1 Å². The highest BCUT2D eigenvalue weighted by Crippen LogP contribution is 2.36. The SMILES string of the molecule is Oc1ccccc1-c1cc2c(nn1)NC[C@H]1CN(c3ncc(N4CCN(C5CCNCC5)CC4)cn3)CCN21. The molecule has 4 aliphatic heterocycles. The second kappa shape index (κ2) is 10.5. The fourth-order valence-electron chi connectivity index (χ4n) is 6.45. The molecule has 6 heterocycles. The Morgan fingerprint density at radius 1 is 0.846 bits per heavy atom. The molecule has 0 unspecified atom stereocenters. The van der Waals surface area contributed by atoms with Crippen LogP contribution in [0.2, 0.25) is 0 Å². The maximum absolute atomic E-state index is 10.3. The molecule has 2 aromatic heterocycles. The Balaban J connectivity index is 0.997. The summed E-state index contributed by atoms with van der Waals surface area (Å²) in [5.74, 6) is 1.79. The molecule has 0 aliphatic carbocycles. The summed E-state index contributed by atoms with van der Waals surface area (Å²) in [6, 6.07) is 10.3. The lowest BCUT2D eigenvalue weighted by molar-refractivity contribution is 0.153. The molecule has 0 spiro atoms. The van der Waals surface area contributed by atoms with Gasteiger partial charge in [0.2, 0.25) is 5.95 Å². The van der Waals surface area contributed by atoms with Gasteiger partial charge < -0.3 is 30.4 Å². The smallest absolute Gasteiger partial charge is 0.225 e. The van der Waals surface area contributed by atoms with Crippen molar-refractivity contribution in [2.75, 3.05) is 85.5 Å². The third-order valence-corrected chi connectivity index (χ3v) is 8.66. The molecule has 1 aromatic carbocycles. The molecule has 0 radical (unpaired) electrons. The quantitative estimate of drug-likeness (QED) is 0.460. The van der Waals surface area contributed by atoms with Crippen molar-refractivity contribution < 1.29 is 5.11 Å². The summed E-state index contributed by atoms with van der Waals surface area (Å²) < 4.78 is 0. The number of phenols is 1. The van der Waals surface area contributed by atoms with Crippen LogP contribution < -0.4 is 25.3 Å². The normalized spacial score (nSPS) is 22.3. The first-order valence-electron chi connectivity index (χ1n) is 14.2. The maximum atomic E-state index is 10.3. The van der Waals surface area contributed by atoms with Gasteiger partial charge in [-0.15, -0.1) is 10.2 Å². The summed E-state index contributed by atoms with van der Waals surface area (Å²) in [5.41, 5.74) is 3.51. The molecule has 0 amide bonds. The molecule has 3 aromatic rings. The van der Waals surface area contributed by atoms with Gasteiger partial charge in [0.05, 0.1) is 35.5 Å². The van der Waals surface area contributed by atoms with E-state index in [0.717, 1.165) is 94.6 Å². The Morgan fingerprint density at radius 3 is 2.41 bits per heavy atom. The molecular weight excluding hydrogens is 492 g/mol. The van der Waals surface area contributed by atoms with Crippen LogP contribution in [0.5, 0.6) is 5.75 Å². The fourth-order valence-corrected chi connectivity index (χ4v) is 6.45. The van der Waals surface area contributed by atoms with E-state index >= 15 is 0 Å². The highest BCUT2D eigenvalue weighted by molar-refractivity contribution is 5.76. The molecule has 0 bridgehead atoms. The van der Waals surface area contributed by atoms with Crippen LogP contribution in [0, 0.1) is 0 Å². The molecule has 11 nitrogen and oxygen atoms in total. The maximum Gasteiger partial charge on any atom is 0.225 e. The van der Waals surface area contributed by atoms with Crippen molar-refractivity contribution in [3.63, 3.8) is 0 Å². The highest BCUT2D eigenvalue weighted by Gasteiger charge is 2.34. The van der Waals surface area contributed by atoms with Crippen molar-refractivity contribution in [1.82, 2.24) is 30.4 Å². The predicted molar refractivity (Wildman–Crippen MR) is 153 cm³/mol. The van der Waals surface area contributed by atoms with Crippen LogP contribution in [0.25, 0.3) is 11.3 Å². The Kier molecular flexibility index (Phi) is 6.53. The largest absolute Gasteiger partial charge is 0.507 e. The zero-order valence-electron chi connectivity index (χ0n) is 22.2. The Labute approximate surface area is 228 Å². The average Bonchev–Trinajstić information content (AvgIpc) is 3.01. The van der Waals surface area contributed by atoms with Crippen molar-refractivity contribution in [2.45, 2.75) is 24.9 Å². The minimum Gasteiger partial charge on any atom is -0.507 e. The number of aromatic nitrogens is 4. The molecular formula is C28H36N10O. The summed E-state index contributed by atoms with van der Waals surface area (Å²) in [4.78, 5) is 19.4. The van der Waals surface area contributed by atoms with Gasteiger partial charge in [-0.3, -0.25) is 4.90 Å². The number of nitrogens with one attached hydrogen (secondary N) is 2. The van der Waals surface area contributed by atoms with E-state index < -0.39 is 0 Å². The van der Waals surface area contributed by atoms with Gasteiger partial charge in [0, 0.05) is 64.0 Å². The number of benzene rings is 1. The number of para-hydroxylation sites is 1. The number of fused-ring (bicyclic) bond motifs is 3. The summed E-state index contributed by atoms with van der Waals surface area (Å²) in [7, 11) is 0. The van der Waals surface area contributed by atoms with Crippen molar-refractivity contribution in [1.29, 1.82) is 0 Å². The zero-order valence-corrected chi connectivity index (χ0v) is 22.2. The number of piperazine rings is 2. The number of piperidine rings is 1. The summed E-state index contributed by atoms with van der Waals surface area (Å²) in [6.07, 6.45) is 6.52. The van der Waals surface area contributed by atoms with Crippen LogP contribution in [0.15, 0.2) is 42.7 Å². The van der Waals surface area contributed by atoms with Crippen molar-refractivity contribution in [2.24, 2.45) is 0 Å². The molecule has 39 heavy (non-hydrogen) atoms. The Bertz CT molecular complexity index is 1290. The number of aromatic hydroxyl groups is 1. The van der Waals surface area contributed by atoms with Gasteiger partial charge in [0.15, 0.2) is 5.82 Å². The molecule has 7 rings (SSSR count). The van der Waals surface area contributed by atoms with Crippen LogP contribution in [-0.2, 0) is 0 Å². The van der Waals surface area contributed by atoms with E-state index in [1.54, 1.807) is 6.07 Å². The topological polar surface area (TPSA) is 109 Å². The second-order valence-corrected chi connectivity index (χ2v) is 10.9. The molecule has 3 fully saturated rings. The standard InChI is InChI=1S/C28H36N10O/c39-26-4-2-1-3-23(26)24-15-25-27(34-33-24)30-18-22-19-37(13-14-38(22)25)28-31-16-21(17-32-28)36-11-9-35(10-12-36)20-5-7-29-8-6-20/h1-4,15-17,20,22,29,39H,5-14,18-19H2,(H,30,34)/t22-/m0/s1. The van der Waals surface area contributed by atoms with Crippen LogP contribution in [0.3, 0.4) is 0 Å². The number of rotatable bonds is 4. The first-order valence-corrected chi connectivity index (χ1v) is 14.2. The lowest BCUT2D eigenvalue weighted by Gasteiger charge is -2.45. The molecule has 1 atom stereocenters. The number of hydrogen-bond acceptors (Lipinski definition) is 11. The molecule has 3 saturated heterocycles. The molecule has 0 saturated carbocycles. The van der Waals surface area contributed by atoms with Crippen LogP contribution >= 0.6 is 0 Å².